The van der Waals surface area contributed by atoms with E-state index in [4.69, 9.17) is 16.6 Å². The third-order valence-corrected chi connectivity index (χ3v) is 6.54. The molecule has 3 aromatic rings. The van der Waals surface area contributed by atoms with Crippen molar-refractivity contribution in [3.8, 4) is 0 Å². The van der Waals surface area contributed by atoms with Gasteiger partial charge < -0.3 is 9.80 Å². The van der Waals surface area contributed by atoms with Gasteiger partial charge >= 0.3 is 0 Å². The van der Waals surface area contributed by atoms with Gasteiger partial charge in [0.15, 0.2) is 5.13 Å². The fourth-order valence-corrected chi connectivity index (χ4v) is 4.70. The lowest BCUT2D eigenvalue weighted by atomic mass is 10.0. The molecule has 2 aromatic carbocycles. The molecule has 0 unspecified atom stereocenters. The number of hydrogen-bond donors (Lipinski definition) is 0. The van der Waals surface area contributed by atoms with Crippen LogP contribution in [-0.2, 0) is 4.79 Å². The largest absolute Gasteiger partial charge is 0.345 e. The number of hydrogen-bond acceptors (Lipinski definition) is 4. The van der Waals surface area contributed by atoms with Crippen molar-refractivity contribution in [1.29, 1.82) is 0 Å². The van der Waals surface area contributed by atoms with Gasteiger partial charge in [-0.25, -0.2) is 4.98 Å². The average molecular weight is 426 g/mol. The van der Waals surface area contributed by atoms with Crippen molar-refractivity contribution < 1.29 is 4.79 Å². The Morgan fingerprint density at radius 2 is 1.83 bits per heavy atom. The third-order valence-electron chi connectivity index (χ3n) is 5.22. The second-order valence-electron chi connectivity index (χ2n) is 7.58. The van der Waals surface area contributed by atoms with Crippen molar-refractivity contribution in [3.63, 3.8) is 0 Å². The molecule has 6 heteroatoms. The minimum Gasteiger partial charge on any atom is -0.345 e. The fourth-order valence-electron chi connectivity index (χ4n) is 3.40. The van der Waals surface area contributed by atoms with E-state index in [-0.39, 0.29) is 5.91 Å². The number of benzene rings is 2. The summed E-state index contributed by atoms with van der Waals surface area (Å²) in [5, 5.41) is 1.73. The summed E-state index contributed by atoms with van der Waals surface area (Å²) in [6.07, 6.45) is 3.58. The number of nitrogens with zero attached hydrogens (tertiary/aromatic N) is 3. The third kappa shape index (κ3) is 4.62. The molecular formula is C23H24ClN3OS. The number of thiazole rings is 1. The standard InChI is InChI=1S/C23H24ClN3OS/c1-16(2)18-6-3-17(4-7-18)5-10-22(28)26-11-13-27(14-12-26)23-25-20-9-8-19(24)15-21(20)29-23/h3-10,15-16H,11-14H2,1-2H3/b10-5+. The van der Waals surface area contributed by atoms with Gasteiger partial charge in [0.05, 0.1) is 10.2 Å². The van der Waals surface area contributed by atoms with Crippen LogP contribution < -0.4 is 4.90 Å². The van der Waals surface area contributed by atoms with Crippen LogP contribution in [0.25, 0.3) is 16.3 Å². The number of anilines is 1. The van der Waals surface area contributed by atoms with Gasteiger partial charge in [-0.3, -0.25) is 4.79 Å². The summed E-state index contributed by atoms with van der Waals surface area (Å²) in [4.78, 5) is 21.4. The van der Waals surface area contributed by atoms with Crippen LogP contribution in [0.15, 0.2) is 48.5 Å². The van der Waals surface area contributed by atoms with Crippen molar-refractivity contribution in [2.24, 2.45) is 0 Å². The van der Waals surface area contributed by atoms with Crippen LogP contribution >= 0.6 is 22.9 Å². The minimum atomic E-state index is 0.0636. The number of aromatic nitrogens is 1. The van der Waals surface area contributed by atoms with E-state index in [9.17, 15) is 4.79 Å². The van der Waals surface area contributed by atoms with Crippen molar-refractivity contribution in [1.82, 2.24) is 9.88 Å². The summed E-state index contributed by atoms with van der Waals surface area (Å²) < 4.78 is 1.09. The highest BCUT2D eigenvalue weighted by Gasteiger charge is 2.22. The van der Waals surface area contributed by atoms with Crippen LogP contribution in [0.2, 0.25) is 5.02 Å². The van der Waals surface area contributed by atoms with Crippen molar-refractivity contribution in [2.75, 3.05) is 31.1 Å². The molecule has 1 aromatic heterocycles. The first-order valence-corrected chi connectivity index (χ1v) is 11.1. The smallest absolute Gasteiger partial charge is 0.246 e. The average Bonchev–Trinajstić information content (AvgIpc) is 3.15. The summed E-state index contributed by atoms with van der Waals surface area (Å²) in [5.41, 5.74) is 3.33. The van der Waals surface area contributed by atoms with Gasteiger partial charge in [-0.05, 0) is 41.3 Å². The summed E-state index contributed by atoms with van der Waals surface area (Å²) in [6, 6.07) is 14.2. The molecule has 1 saturated heterocycles. The first-order chi connectivity index (χ1) is 14.0. The number of carbonyl (C=O) groups is 1. The van der Waals surface area contributed by atoms with Crippen LogP contribution in [0.3, 0.4) is 0 Å². The lowest BCUT2D eigenvalue weighted by Gasteiger charge is -2.34. The molecule has 0 spiro atoms. The Hall–Kier alpha value is -2.37. The zero-order valence-corrected chi connectivity index (χ0v) is 18.2. The molecule has 4 nitrogen and oxygen atoms in total. The van der Waals surface area contributed by atoms with Gasteiger partial charge in [-0.15, -0.1) is 0 Å². The highest BCUT2D eigenvalue weighted by Crippen LogP contribution is 2.31. The van der Waals surface area contributed by atoms with Crippen LogP contribution in [0.1, 0.15) is 30.9 Å². The number of fused-ring (bicyclic) bond motifs is 1. The van der Waals surface area contributed by atoms with Gasteiger partial charge in [-0.2, -0.15) is 0 Å². The van der Waals surface area contributed by atoms with E-state index in [1.165, 1.54) is 5.56 Å². The highest BCUT2D eigenvalue weighted by molar-refractivity contribution is 7.22. The lowest BCUT2D eigenvalue weighted by molar-refractivity contribution is -0.126. The first-order valence-electron chi connectivity index (χ1n) is 9.87. The molecule has 0 N–H and O–H groups in total. The van der Waals surface area contributed by atoms with Crippen molar-refractivity contribution in [2.45, 2.75) is 19.8 Å². The second-order valence-corrected chi connectivity index (χ2v) is 9.02. The van der Waals surface area contributed by atoms with Crippen LogP contribution in [0, 0.1) is 0 Å². The summed E-state index contributed by atoms with van der Waals surface area (Å²) >= 11 is 7.73. The van der Waals surface area contributed by atoms with Crippen LogP contribution in [0.4, 0.5) is 5.13 Å². The van der Waals surface area contributed by atoms with E-state index >= 15 is 0 Å². The molecular weight excluding hydrogens is 402 g/mol. The lowest BCUT2D eigenvalue weighted by Crippen LogP contribution is -2.48. The SMILES string of the molecule is CC(C)c1ccc(/C=C/C(=O)N2CCN(c3nc4ccc(Cl)cc4s3)CC2)cc1. The fraction of sp³-hybridized carbons (Fsp3) is 0.304. The predicted octanol–water partition coefficient (Wildman–Crippen LogP) is 5.44. The first kappa shape index (κ1) is 19.9. The number of piperazine rings is 1. The molecule has 0 aliphatic carbocycles. The Balaban J connectivity index is 1.35. The molecule has 0 atom stereocenters. The minimum absolute atomic E-state index is 0.0636. The quantitative estimate of drug-likeness (QED) is 0.522. The monoisotopic (exact) mass is 425 g/mol. The summed E-state index contributed by atoms with van der Waals surface area (Å²) in [7, 11) is 0. The Labute approximate surface area is 180 Å². The van der Waals surface area contributed by atoms with E-state index in [1.54, 1.807) is 17.4 Å². The number of halogens is 1. The van der Waals surface area contributed by atoms with E-state index in [0.717, 1.165) is 39.0 Å². The molecule has 0 radical (unpaired) electrons. The van der Waals surface area contributed by atoms with Gasteiger partial charge in [0, 0.05) is 37.3 Å². The predicted molar refractivity (Wildman–Crippen MR) is 123 cm³/mol. The Kier molecular flexibility index (Phi) is 5.88. The molecule has 150 valence electrons. The number of carbonyl (C=O) groups excluding carboxylic acids is 1. The zero-order chi connectivity index (χ0) is 20.4. The van der Waals surface area contributed by atoms with Gasteiger partial charge in [0.2, 0.25) is 5.91 Å². The normalized spacial score (nSPS) is 15.0. The molecule has 2 heterocycles. The molecule has 1 aliphatic heterocycles. The highest BCUT2D eigenvalue weighted by atomic mass is 35.5. The maximum absolute atomic E-state index is 12.6. The topological polar surface area (TPSA) is 36.4 Å². The van der Waals surface area contributed by atoms with Gasteiger partial charge in [-0.1, -0.05) is 61.1 Å². The molecule has 1 amide bonds. The Bertz CT molecular complexity index is 1030. The maximum atomic E-state index is 12.6. The van der Waals surface area contributed by atoms with E-state index in [2.05, 4.69) is 43.0 Å². The van der Waals surface area contributed by atoms with Crippen molar-refractivity contribution >= 4 is 50.3 Å². The maximum Gasteiger partial charge on any atom is 0.246 e. The van der Waals surface area contributed by atoms with E-state index < -0.39 is 0 Å². The second kappa shape index (κ2) is 8.56. The molecule has 29 heavy (non-hydrogen) atoms. The van der Waals surface area contributed by atoms with Gasteiger partial charge in [0.25, 0.3) is 0 Å². The van der Waals surface area contributed by atoms with Crippen LogP contribution in [-0.4, -0.2) is 42.0 Å². The molecule has 4 rings (SSSR count). The number of amides is 1. The Morgan fingerprint density at radius 3 is 2.52 bits per heavy atom. The van der Waals surface area contributed by atoms with Crippen LogP contribution in [0.5, 0.6) is 0 Å². The molecule has 0 bridgehead atoms. The van der Waals surface area contributed by atoms with E-state index in [0.29, 0.717) is 19.0 Å². The summed E-state index contributed by atoms with van der Waals surface area (Å²) in [5.74, 6) is 0.576. The molecule has 1 aliphatic rings. The Morgan fingerprint density at radius 1 is 1.10 bits per heavy atom. The molecule has 0 saturated carbocycles. The summed E-state index contributed by atoms with van der Waals surface area (Å²) in [6.45, 7) is 7.33. The van der Waals surface area contributed by atoms with Crippen molar-refractivity contribution in [3.05, 3.63) is 64.7 Å². The zero-order valence-electron chi connectivity index (χ0n) is 16.6. The number of rotatable bonds is 4. The van der Waals surface area contributed by atoms with E-state index in [1.807, 2.05) is 29.2 Å². The van der Waals surface area contributed by atoms with Gasteiger partial charge in [0.1, 0.15) is 0 Å². The molecule has 1 fully saturated rings.